The van der Waals surface area contributed by atoms with Crippen LogP contribution >= 0.6 is 0 Å². The molecule has 2 saturated heterocycles. The lowest BCUT2D eigenvalue weighted by Gasteiger charge is -2.39. The number of carbonyl (C=O) groups excluding carboxylic acids is 2. The van der Waals surface area contributed by atoms with Crippen LogP contribution in [0.15, 0.2) is 24.3 Å². The van der Waals surface area contributed by atoms with Gasteiger partial charge in [-0.3, -0.25) is 5.32 Å². The van der Waals surface area contributed by atoms with Crippen LogP contribution in [0.1, 0.15) is 31.4 Å². The van der Waals surface area contributed by atoms with Gasteiger partial charge in [-0.15, -0.1) is 0 Å². The van der Waals surface area contributed by atoms with Crippen molar-refractivity contribution in [2.24, 2.45) is 0 Å². The molecule has 2 fully saturated rings. The fourth-order valence-corrected chi connectivity index (χ4v) is 2.97. The zero-order valence-electron chi connectivity index (χ0n) is 13.4. The Morgan fingerprint density at radius 2 is 1.75 bits per heavy atom. The quantitative estimate of drug-likeness (QED) is 0.781. The lowest BCUT2D eigenvalue weighted by atomic mass is 10.1. The molecule has 0 aromatic heterocycles. The van der Waals surface area contributed by atoms with Crippen LogP contribution in [0, 0.1) is 5.82 Å². The SMILES string of the molecule is CC(NC1NC(=O)N(C2CCOCC2)C(=O)N1)c1ccc(F)cc1. The number of halogens is 1. The first kappa shape index (κ1) is 16.7. The van der Waals surface area contributed by atoms with E-state index < -0.39 is 18.4 Å². The molecule has 4 amide bonds. The van der Waals surface area contributed by atoms with E-state index in [0.29, 0.717) is 26.1 Å². The van der Waals surface area contributed by atoms with Gasteiger partial charge in [-0.2, -0.15) is 0 Å². The molecule has 1 aromatic rings. The molecule has 1 atom stereocenters. The maximum absolute atomic E-state index is 13.0. The van der Waals surface area contributed by atoms with Gasteiger partial charge in [-0.25, -0.2) is 18.9 Å². The summed E-state index contributed by atoms with van der Waals surface area (Å²) in [6, 6.07) is 4.90. The Balaban J connectivity index is 1.60. The van der Waals surface area contributed by atoms with Gasteiger partial charge >= 0.3 is 12.1 Å². The fraction of sp³-hybridized carbons (Fsp3) is 0.500. The van der Waals surface area contributed by atoms with Gasteiger partial charge < -0.3 is 15.4 Å². The number of imide groups is 1. The topological polar surface area (TPSA) is 82.7 Å². The minimum atomic E-state index is -0.679. The summed E-state index contributed by atoms with van der Waals surface area (Å²) in [6.45, 7) is 2.96. The summed E-state index contributed by atoms with van der Waals surface area (Å²) in [5, 5.41) is 8.57. The van der Waals surface area contributed by atoms with Crippen molar-refractivity contribution in [1.29, 1.82) is 0 Å². The van der Waals surface area contributed by atoms with Crippen molar-refractivity contribution >= 4 is 12.1 Å². The Bertz CT molecular complexity index is 586. The molecule has 0 spiro atoms. The standard InChI is InChI=1S/C16H21FN4O3/c1-10(11-2-4-12(17)5-3-11)18-14-19-15(22)21(16(23)20-14)13-6-8-24-9-7-13/h2-5,10,13-14,18H,6-9H2,1H3,(H,19,22)(H,20,23). The lowest BCUT2D eigenvalue weighted by molar-refractivity contribution is 0.0492. The molecule has 3 rings (SSSR count). The van der Waals surface area contributed by atoms with Crippen LogP contribution in [0.3, 0.4) is 0 Å². The molecule has 8 heteroatoms. The maximum atomic E-state index is 13.0. The molecule has 2 aliphatic rings. The first-order valence-electron chi connectivity index (χ1n) is 8.04. The van der Waals surface area contributed by atoms with E-state index in [4.69, 9.17) is 4.74 Å². The second kappa shape index (κ2) is 7.14. The highest BCUT2D eigenvalue weighted by Crippen LogP contribution is 2.18. The molecule has 24 heavy (non-hydrogen) atoms. The third kappa shape index (κ3) is 3.65. The Morgan fingerprint density at radius 1 is 1.17 bits per heavy atom. The van der Waals surface area contributed by atoms with E-state index in [9.17, 15) is 14.0 Å². The molecular weight excluding hydrogens is 315 g/mol. The van der Waals surface area contributed by atoms with Crippen molar-refractivity contribution in [3.05, 3.63) is 35.6 Å². The number of hydrogen-bond acceptors (Lipinski definition) is 4. The Kier molecular flexibility index (Phi) is 4.96. The number of urea groups is 2. The van der Waals surface area contributed by atoms with Gasteiger partial charge in [0.25, 0.3) is 0 Å². The van der Waals surface area contributed by atoms with Gasteiger partial charge in [-0.1, -0.05) is 12.1 Å². The van der Waals surface area contributed by atoms with Crippen molar-refractivity contribution in [2.75, 3.05) is 13.2 Å². The van der Waals surface area contributed by atoms with E-state index in [1.165, 1.54) is 17.0 Å². The van der Waals surface area contributed by atoms with Gasteiger partial charge in [0.2, 0.25) is 0 Å². The van der Waals surface area contributed by atoms with Crippen LogP contribution in [-0.4, -0.2) is 42.5 Å². The highest BCUT2D eigenvalue weighted by molar-refractivity contribution is 5.96. The van der Waals surface area contributed by atoms with E-state index in [2.05, 4.69) is 16.0 Å². The number of rotatable bonds is 4. The highest BCUT2D eigenvalue weighted by atomic mass is 19.1. The molecular formula is C16H21FN4O3. The molecule has 0 radical (unpaired) electrons. The summed E-state index contributed by atoms with van der Waals surface area (Å²) in [4.78, 5) is 25.8. The van der Waals surface area contributed by atoms with Crippen molar-refractivity contribution in [1.82, 2.24) is 20.9 Å². The van der Waals surface area contributed by atoms with E-state index in [0.717, 1.165) is 5.56 Å². The van der Waals surface area contributed by atoms with Crippen molar-refractivity contribution < 1.29 is 18.7 Å². The molecule has 2 aliphatic heterocycles. The average Bonchev–Trinajstić information content (AvgIpc) is 2.55. The third-order valence-corrected chi connectivity index (χ3v) is 4.32. The lowest BCUT2D eigenvalue weighted by Crippen LogP contribution is -2.70. The predicted molar refractivity (Wildman–Crippen MR) is 84.5 cm³/mol. The molecule has 2 heterocycles. The summed E-state index contributed by atoms with van der Waals surface area (Å²) in [5.74, 6) is -0.308. The second-order valence-electron chi connectivity index (χ2n) is 5.99. The monoisotopic (exact) mass is 336 g/mol. The predicted octanol–water partition coefficient (Wildman–Crippen LogP) is 1.67. The Morgan fingerprint density at radius 3 is 2.33 bits per heavy atom. The first-order chi connectivity index (χ1) is 11.5. The van der Waals surface area contributed by atoms with Crippen LogP contribution in [0.5, 0.6) is 0 Å². The average molecular weight is 336 g/mol. The summed E-state index contributed by atoms with van der Waals surface area (Å²) >= 11 is 0. The van der Waals surface area contributed by atoms with Gasteiger partial charge in [0, 0.05) is 25.3 Å². The minimum absolute atomic E-state index is 0.144. The van der Waals surface area contributed by atoms with Gasteiger partial charge in [0.1, 0.15) is 5.82 Å². The molecule has 130 valence electrons. The normalized spacial score (nSPS) is 21.3. The van der Waals surface area contributed by atoms with Crippen LogP contribution in [-0.2, 0) is 4.74 Å². The van der Waals surface area contributed by atoms with Gasteiger partial charge in [0.15, 0.2) is 6.29 Å². The van der Waals surface area contributed by atoms with Crippen molar-refractivity contribution in [3.63, 3.8) is 0 Å². The smallest absolute Gasteiger partial charge is 0.328 e. The summed E-state index contributed by atoms with van der Waals surface area (Å²) in [5.41, 5.74) is 0.853. The molecule has 7 nitrogen and oxygen atoms in total. The largest absolute Gasteiger partial charge is 0.381 e. The molecule has 1 aromatic carbocycles. The Hall–Kier alpha value is -2.19. The number of carbonyl (C=O) groups is 2. The van der Waals surface area contributed by atoms with E-state index >= 15 is 0 Å². The third-order valence-electron chi connectivity index (χ3n) is 4.32. The molecule has 0 bridgehead atoms. The molecule has 3 N–H and O–H groups in total. The summed E-state index contributed by atoms with van der Waals surface area (Å²) in [7, 11) is 0. The zero-order chi connectivity index (χ0) is 17.1. The molecule has 0 saturated carbocycles. The van der Waals surface area contributed by atoms with Crippen LogP contribution in [0.4, 0.5) is 14.0 Å². The maximum Gasteiger partial charge on any atom is 0.328 e. The van der Waals surface area contributed by atoms with Gasteiger partial charge in [0.05, 0.1) is 0 Å². The number of nitrogens with one attached hydrogen (secondary N) is 3. The van der Waals surface area contributed by atoms with E-state index in [-0.39, 0.29) is 17.9 Å². The molecule has 1 unspecified atom stereocenters. The number of benzene rings is 1. The van der Waals surface area contributed by atoms with Crippen LogP contribution < -0.4 is 16.0 Å². The number of hydrogen-bond donors (Lipinski definition) is 3. The van der Waals surface area contributed by atoms with Crippen LogP contribution in [0.2, 0.25) is 0 Å². The van der Waals surface area contributed by atoms with Gasteiger partial charge in [-0.05, 0) is 37.5 Å². The number of amides is 4. The fourth-order valence-electron chi connectivity index (χ4n) is 2.97. The number of nitrogens with zero attached hydrogens (tertiary/aromatic N) is 1. The van der Waals surface area contributed by atoms with E-state index in [1.807, 2.05) is 6.92 Å². The first-order valence-corrected chi connectivity index (χ1v) is 8.04. The summed E-state index contributed by atoms with van der Waals surface area (Å²) in [6.07, 6.45) is 0.608. The Labute approximate surface area is 139 Å². The molecule has 0 aliphatic carbocycles. The second-order valence-corrected chi connectivity index (χ2v) is 5.99. The van der Waals surface area contributed by atoms with Crippen molar-refractivity contribution in [3.8, 4) is 0 Å². The van der Waals surface area contributed by atoms with Crippen LogP contribution in [0.25, 0.3) is 0 Å². The highest BCUT2D eigenvalue weighted by Gasteiger charge is 2.37. The van der Waals surface area contributed by atoms with E-state index in [1.54, 1.807) is 12.1 Å². The minimum Gasteiger partial charge on any atom is -0.381 e. The van der Waals surface area contributed by atoms with Crippen molar-refractivity contribution in [2.45, 2.75) is 38.1 Å². The zero-order valence-corrected chi connectivity index (χ0v) is 13.4. The number of ether oxygens (including phenoxy) is 1. The summed E-state index contributed by atoms with van der Waals surface area (Å²) < 4.78 is 18.2.